The first-order chi connectivity index (χ1) is 12.7. The Morgan fingerprint density at radius 1 is 1.12 bits per heavy atom. The second kappa shape index (κ2) is 7.28. The molecular formula is C17H23N7O2. The van der Waals surface area contributed by atoms with Gasteiger partial charge >= 0.3 is 0 Å². The summed E-state index contributed by atoms with van der Waals surface area (Å²) >= 11 is 0. The zero-order chi connectivity index (χ0) is 17.9. The minimum absolute atomic E-state index is 0.190. The molecule has 2 aliphatic heterocycles. The number of hydrogen-bond donors (Lipinski definition) is 2. The molecule has 9 nitrogen and oxygen atoms in total. The van der Waals surface area contributed by atoms with Crippen LogP contribution >= 0.6 is 0 Å². The lowest BCUT2D eigenvalue weighted by Crippen LogP contribution is -2.47. The molecule has 0 spiro atoms. The van der Waals surface area contributed by atoms with E-state index in [-0.39, 0.29) is 11.7 Å². The lowest BCUT2D eigenvalue weighted by atomic mass is 10.1. The third kappa shape index (κ3) is 3.62. The predicted molar refractivity (Wildman–Crippen MR) is 98.8 cm³/mol. The molecule has 0 amide bonds. The highest BCUT2D eigenvalue weighted by molar-refractivity contribution is 5.48. The van der Waals surface area contributed by atoms with E-state index < -0.39 is 0 Å². The van der Waals surface area contributed by atoms with E-state index in [9.17, 15) is 9.90 Å². The lowest BCUT2D eigenvalue weighted by molar-refractivity contribution is 0.154. The molecule has 4 heterocycles. The van der Waals surface area contributed by atoms with E-state index in [0.717, 1.165) is 57.1 Å². The summed E-state index contributed by atoms with van der Waals surface area (Å²) in [5.74, 6) is 1.58. The number of anilines is 3. The molecule has 2 aromatic rings. The summed E-state index contributed by atoms with van der Waals surface area (Å²) in [7, 11) is 0. The van der Waals surface area contributed by atoms with Crippen LogP contribution in [-0.2, 0) is 0 Å². The number of aromatic amines is 1. The summed E-state index contributed by atoms with van der Waals surface area (Å²) in [6.45, 7) is 4.65. The molecule has 26 heavy (non-hydrogen) atoms. The van der Waals surface area contributed by atoms with E-state index in [4.69, 9.17) is 4.98 Å². The number of aromatic nitrogens is 4. The lowest BCUT2D eigenvalue weighted by Gasteiger charge is -2.36. The monoisotopic (exact) mass is 357 g/mol. The molecule has 0 bridgehead atoms. The number of aliphatic hydroxyl groups excluding tert-OH is 1. The molecule has 1 atom stereocenters. The Hall–Kier alpha value is -2.68. The number of aliphatic hydroxyl groups is 1. The van der Waals surface area contributed by atoms with Crippen molar-refractivity contribution in [3.63, 3.8) is 0 Å². The van der Waals surface area contributed by atoms with Crippen molar-refractivity contribution in [3.8, 4) is 0 Å². The van der Waals surface area contributed by atoms with Crippen LogP contribution in [0.25, 0.3) is 0 Å². The van der Waals surface area contributed by atoms with Crippen molar-refractivity contribution in [1.29, 1.82) is 0 Å². The van der Waals surface area contributed by atoms with Crippen LogP contribution in [0.2, 0.25) is 0 Å². The van der Waals surface area contributed by atoms with E-state index in [1.165, 1.54) is 0 Å². The Bertz CT molecular complexity index is 803. The highest BCUT2D eigenvalue weighted by Crippen LogP contribution is 2.21. The normalized spacial score (nSPS) is 21.1. The molecule has 2 fully saturated rings. The maximum absolute atomic E-state index is 11.4. The van der Waals surface area contributed by atoms with Crippen molar-refractivity contribution < 1.29 is 5.11 Å². The molecule has 2 aliphatic rings. The summed E-state index contributed by atoms with van der Waals surface area (Å²) in [5.41, 5.74) is 0.648. The van der Waals surface area contributed by atoms with E-state index in [2.05, 4.69) is 29.9 Å². The van der Waals surface area contributed by atoms with E-state index in [1.54, 1.807) is 18.5 Å². The summed E-state index contributed by atoms with van der Waals surface area (Å²) in [6, 6.07) is 3.47. The number of hydrogen-bond acceptors (Lipinski definition) is 8. The average Bonchev–Trinajstić information content (AvgIpc) is 2.68. The van der Waals surface area contributed by atoms with Crippen LogP contribution in [0.4, 0.5) is 17.5 Å². The SMILES string of the molecule is O=c1cc(N2CCN(c3nccc(N4CCC[C@H](O)C4)n3)CC2)cn[nH]1. The van der Waals surface area contributed by atoms with E-state index in [0.29, 0.717) is 12.5 Å². The maximum atomic E-state index is 11.4. The standard InChI is InChI=1S/C17H23N7O2/c25-14-2-1-5-24(12-14)15-3-4-18-17(20-15)23-8-6-22(7-9-23)13-10-16(26)21-19-11-13/h3-4,10-11,14,25H,1-2,5-9,12H2,(H,21,26)/t14-/m0/s1. The number of piperidine rings is 1. The highest BCUT2D eigenvalue weighted by Gasteiger charge is 2.22. The Balaban J connectivity index is 1.43. The largest absolute Gasteiger partial charge is 0.391 e. The van der Waals surface area contributed by atoms with Gasteiger partial charge in [0.05, 0.1) is 18.0 Å². The van der Waals surface area contributed by atoms with Crippen molar-refractivity contribution in [2.75, 3.05) is 54.0 Å². The summed E-state index contributed by atoms with van der Waals surface area (Å²) in [5, 5.41) is 16.1. The fourth-order valence-corrected chi connectivity index (χ4v) is 3.53. The minimum Gasteiger partial charge on any atom is -0.391 e. The first-order valence-corrected chi connectivity index (χ1v) is 9.00. The van der Waals surface area contributed by atoms with Crippen LogP contribution in [0.5, 0.6) is 0 Å². The smallest absolute Gasteiger partial charge is 0.266 e. The zero-order valence-electron chi connectivity index (χ0n) is 14.6. The van der Waals surface area contributed by atoms with Crippen LogP contribution in [0.15, 0.2) is 29.3 Å². The van der Waals surface area contributed by atoms with Gasteiger partial charge in [0.2, 0.25) is 5.95 Å². The molecule has 0 unspecified atom stereocenters. The van der Waals surface area contributed by atoms with Crippen LogP contribution in [-0.4, -0.2) is 70.6 Å². The molecular weight excluding hydrogens is 334 g/mol. The van der Waals surface area contributed by atoms with Crippen molar-refractivity contribution in [2.45, 2.75) is 18.9 Å². The molecule has 2 N–H and O–H groups in total. The molecule has 4 rings (SSSR count). The first kappa shape index (κ1) is 16.8. The van der Waals surface area contributed by atoms with Crippen molar-refractivity contribution in [2.24, 2.45) is 0 Å². The molecule has 9 heteroatoms. The topological polar surface area (TPSA) is 101 Å². The number of piperazine rings is 1. The maximum Gasteiger partial charge on any atom is 0.266 e. The van der Waals surface area contributed by atoms with Crippen LogP contribution in [0.1, 0.15) is 12.8 Å². The van der Waals surface area contributed by atoms with Gasteiger partial charge in [-0.3, -0.25) is 4.79 Å². The van der Waals surface area contributed by atoms with Crippen LogP contribution in [0, 0.1) is 0 Å². The average molecular weight is 357 g/mol. The number of rotatable bonds is 3. The van der Waals surface area contributed by atoms with Gasteiger partial charge in [-0.2, -0.15) is 10.1 Å². The van der Waals surface area contributed by atoms with E-state index >= 15 is 0 Å². The Morgan fingerprint density at radius 2 is 1.92 bits per heavy atom. The van der Waals surface area contributed by atoms with Gasteiger partial charge < -0.3 is 19.8 Å². The fourth-order valence-electron chi connectivity index (χ4n) is 3.53. The van der Waals surface area contributed by atoms with Crippen LogP contribution in [0.3, 0.4) is 0 Å². The Labute approximate surface area is 151 Å². The molecule has 138 valence electrons. The summed E-state index contributed by atoms with van der Waals surface area (Å²) in [4.78, 5) is 27.0. The van der Waals surface area contributed by atoms with Crippen molar-refractivity contribution >= 4 is 17.5 Å². The van der Waals surface area contributed by atoms with Gasteiger partial charge in [-0.25, -0.2) is 10.1 Å². The number of nitrogens with one attached hydrogen (secondary N) is 1. The second-order valence-corrected chi connectivity index (χ2v) is 6.73. The molecule has 0 aliphatic carbocycles. The van der Waals surface area contributed by atoms with Gasteiger partial charge in [-0.05, 0) is 18.9 Å². The number of nitrogens with zero attached hydrogens (tertiary/aromatic N) is 6. The molecule has 0 saturated carbocycles. The molecule has 0 radical (unpaired) electrons. The minimum atomic E-state index is -0.284. The quantitative estimate of drug-likeness (QED) is 0.782. The Kier molecular flexibility index (Phi) is 4.70. The van der Waals surface area contributed by atoms with Crippen molar-refractivity contribution in [1.82, 2.24) is 20.2 Å². The van der Waals surface area contributed by atoms with Gasteiger partial charge in [0, 0.05) is 51.5 Å². The molecule has 2 aromatic heterocycles. The zero-order valence-corrected chi connectivity index (χ0v) is 14.6. The van der Waals surface area contributed by atoms with Crippen LogP contribution < -0.4 is 20.3 Å². The van der Waals surface area contributed by atoms with Gasteiger partial charge in [-0.1, -0.05) is 0 Å². The highest BCUT2D eigenvalue weighted by atomic mass is 16.3. The van der Waals surface area contributed by atoms with Gasteiger partial charge in [-0.15, -0.1) is 0 Å². The summed E-state index contributed by atoms with van der Waals surface area (Å²) < 4.78 is 0. The Morgan fingerprint density at radius 3 is 2.69 bits per heavy atom. The second-order valence-electron chi connectivity index (χ2n) is 6.73. The fraction of sp³-hybridized carbons (Fsp3) is 0.529. The number of β-amino-alcohol motifs (C(OH)–C–C–N with tert-alkyl or cyclic N) is 1. The molecule has 0 aromatic carbocycles. The third-order valence-corrected chi connectivity index (χ3v) is 4.93. The van der Waals surface area contributed by atoms with Gasteiger partial charge in [0.25, 0.3) is 5.56 Å². The van der Waals surface area contributed by atoms with Gasteiger partial charge in [0.1, 0.15) is 5.82 Å². The van der Waals surface area contributed by atoms with Gasteiger partial charge in [0.15, 0.2) is 0 Å². The summed E-state index contributed by atoms with van der Waals surface area (Å²) in [6.07, 6.45) is 5.01. The molecule has 2 saturated heterocycles. The first-order valence-electron chi connectivity index (χ1n) is 9.00. The third-order valence-electron chi connectivity index (χ3n) is 4.93. The van der Waals surface area contributed by atoms with Crippen molar-refractivity contribution in [3.05, 3.63) is 34.9 Å². The number of H-pyrrole nitrogens is 1. The predicted octanol–water partition coefficient (Wildman–Crippen LogP) is -0.152. The van der Waals surface area contributed by atoms with E-state index in [1.807, 2.05) is 6.07 Å².